The van der Waals surface area contributed by atoms with Gasteiger partial charge >= 0.3 is 5.97 Å². The van der Waals surface area contributed by atoms with Crippen LogP contribution < -0.4 is 0 Å². The van der Waals surface area contributed by atoms with Crippen molar-refractivity contribution < 1.29 is 22.9 Å². The molecule has 1 atom stereocenters. The summed E-state index contributed by atoms with van der Waals surface area (Å²) in [7, 11) is -0.336. The fourth-order valence-electron chi connectivity index (χ4n) is 1.67. The van der Waals surface area contributed by atoms with E-state index in [0.29, 0.717) is 6.07 Å². The number of rotatable bonds is 4. The second-order valence-electron chi connectivity index (χ2n) is 4.00. The van der Waals surface area contributed by atoms with Gasteiger partial charge in [-0.15, -0.1) is 0 Å². The van der Waals surface area contributed by atoms with Crippen molar-refractivity contribution in [1.29, 1.82) is 0 Å². The number of aromatic nitrogens is 2. The van der Waals surface area contributed by atoms with E-state index in [1.807, 2.05) is 0 Å². The highest BCUT2D eigenvalue weighted by molar-refractivity contribution is 7.84. The Morgan fingerprint density at radius 3 is 2.75 bits per heavy atom. The van der Waals surface area contributed by atoms with Crippen LogP contribution >= 0.6 is 0 Å². The third kappa shape index (κ3) is 2.74. The fourth-order valence-corrected chi connectivity index (χ4v) is 2.92. The molecule has 106 valence electrons. The molecule has 20 heavy (non-hydrogen) atoms. The number of hydrogen-bond donors (Lipinski definition) is 1. The molecule has 0 aliphatic heterocycles. The molecular weight excluding hydrogens is 290 g/mol. The lowest BCUT2D eigenvalue weighted by Gasteiger charge is -2.06. The van der Waals surface area contributed by atoms with Crippen LogP contribution in [0.3, 0.4) is 0 Å². The zero-order valence-electron chi connectivity index (χ0n) is 10.3. The first-order valence-electron chi connectivity index (χ1n) is 5.47. The first-order chi connectivity index (χ1) is 9.40. The van der Waals surface area contributed by atoms with Gasteiger partial charge in [0.1, 0.15) is 17.2 Å². The van der Waals surface area contributed by atoms with E-state index in [-0.39, 0.29) is 21.9 Å². The van der Waals surface area contributed by atoms with Crippen molar-refractivity contribution in [3.05, 3.63) is 47.3 Å². The van der Waals surface area contributed by atoms with Gasteiger partial charge in [-0.05, 0) is 12.1 Å². The number of aromatic carboxylic acids is 1. The van der Waals surface area contributed by atoms with Crippen molar-refractivity contribution in [3.8, 4) is 0 Å². The van der Waals surface area contributed by atoms with Crippen LogP contribution in [0.1, 0.15) is 16.1 Å². The Morgan fingerprint density at radius 1 is 1.45 bits per heavy atom. The zero-order chi connectivity index (χ0) is 14.9. The van der Waals surface area contributed by atoms with E-state index in [1.165, 1.54) is 11.7 Å². The Bertz CT molecular complexity index is 700. The lowest BCUT2D eigenvalue weighted by Crippen LogP contribution is -2.09. The molecule has 0 saturated heterocycles. The number of benzene rings is 1. The number of carboxylic acids is 1. The van der Waals surface area contributed by atoms with Gasteiger partial charge in [0.2, 0.25) is 0 Å². The quantitative estimate of drug-likeness (QED) is 0.933. The van der Waals surface area contributed by atoms with Crippen LogP contribution in [0.15, 0.2) is 29.3 Å². The van der Waals surface area contributed by atoms with Crippen LogP contribution in [0.4, 0.5) is 8.78 Å². The Morgan fingerprint density at radius 2 is 2.15 bits per heavy atom. The first-order valence-corrected chi connectivity index (χ1v) is 6.79. The molecule has 1 aromatic carbocycles. The summed E-state index contributed by atoms with van der Waals surface area (Å²) in [6, 6.07) is 2.71. The topological polar surface area (TPSA) is 72.2 Å². The van der Waals surface area contributed by atoms with E-state index in [2.05, 4.69) is 5.10 Å². The first kappa shape index (κ1) is 14.3. The zero-order valence-corrected chi connectivity index (χ0v) is 11.2. The number of halogens is 2. The third-order valence-electron chi connectivity index (χ3n) is 2.70. The van der Waals surface area contributed by atoms with Gasteiger partial charge in [0.15, 0.2) is 0 Å². The molecule has 0 aliphatic rings. The largest absolute Gasteiger partial charge is 0.478 e. The van der Waals surface area contributed by atoms with Gasteiger partial charge in [-0.25, -0.2) is 13.6 Å². The number of aryl methyl sites for hydroxylation is 1. The van der Waals surface area contributed by atoms with Gasteiger partial charge < -0.3 is 5.11 Å². The Balaban J connectivity index is 2.33. The van der Waals surface area contributed by atoms with Crippen molar-refractivity contribution >= 4 is 16.8 Å². The van der Waals surface area contributed by atoms with E-state index in [4.69, 9.17) is 5.11 Å². The number of carboxylic acid groups (broad SMARTS) is 1. The highest BCUT2D eigenvalue weighted by Crippen LogP contribution is 2.19. The molecule has 0 aliphatic carbocycles. The average molecular weight is 300 g/mol. The monoisotopic (exact) mass is 300 g/mol. The summed E-state index contributed by atoms with van der Waals surface area (Å²) < 4.78 is 39.7. The average Bonchev–Trinajstić information content (AvgIpc) is 2.71. The molecule has 1 heterocycles. The normalized spacial score (nSPS) is 12.3. The van der Waals surface area contributed by atoms with Crippen LogP contribution in [-0.2, 0) is 23.6 Å². The molecule has 1 aromatic heterocycles. The molecule has 0 radical (unpaired) electrons. The second kappa shape index (κ2) is 5.49. The molecular formula is C12H10F2N2O3S. The van der Waals surface area contributed by atoms with E-state index < -0.39 is 28.4 Å². The molecule has 0 fully saturated rings. The molecule has 5 nitrogen and oxygen atoms in total. The van der Waals surface area contributed by atoms with Crippen molar-refractivity contribution in [2.24, 2.45) is 7.05 Å². The Hall–Kier alpha value is -2.09. The summed E-state index contributed by atoms with van der Waals surface area (Å²) in [6.45, 7) is 0. The third-order valence-corrected chi connectivity index (χ3v) is 4.06. The van der Waals surface area contributed by atoms with Crippen molar-refractivity contribution in [2.75, 3.05) is 0 Å². The lowest BCUT2D eigenvalue weighted by molar-refractivity contribution is 0.0696. The second-order valence-corrected chi connectivity index (χ2v) is 5.42. The summed E-state index contributed by atoms with van der Waals surface area (Å²) in [5.74, 6) is -3.12. The highest BCUT2D eigenvalue weighted by Gasteiger charge is 2.19. The molecule has 2 aromatic rings. The molecule has 1 N–H and O–H groups in total. The van der Waals surface area contributed by atoms with Gasteiger partial charge in [0.25, 0.3) is 0 Å². The van der Waals surface area contributed by atoms with Gasteiger partial charge in [0.05, 0.1) is 33.3 Å². The molecule has 2 rings (SSSR count). The van der Waals surface area contributed by atoms with Crippen LogP contribution in [0.2, 0.25) is 0 Å². The van der Waals surface area contributed by atoms with Crippen molar-refractivity contribution in [1.82, 2.24) is 9.78 Å². The molecule has 0 spiro atoms. The number of nitrogens with zero attached hydrogens (tertiary/aromatic N) is 2. The van der Waals surface area contributed by atoms with E-state index >= 15 is 0 Å². The van der Waals surface area contributed by atoms with Crippen molar-refractivity contribution in [2.45, 2.75) is 10.6 Å². The predicted molar refractivity (Wildman–Crippen MR) is 66.6 cm³/mol. The predicted octanol–water partition coefficient (Wildman–Crippen LogP) is 1.70. The Labute approximate surface area is 115 Å². The van der Waals surface area contributed by atoms with Gasteiger partial charge in [-0.2, -0.15) is 5.10 Å². The Kier molecular flexibility index (Phi) is 3.93. The highest BCUT2D eigenvalue weighted by atomic mass is 32.2. The van der Waals surface area contributed by atoms with Crippen LogP contribution in [0.5, 0.6) is 0 Å². The summed E-state index contributed by atoms with van der Waals surface area (Å²) in [6.07, 6.45) is 1.13. The summed E-state index contributed by atoms with van der Waals surface area (Å²) in [5.41, 5.74) is 0.114. The van der Waals surface area contributed by atoms with Gasteiger partial charge in [0, 0.05) is 13.1 Å². The minimum absolute atomic E-state index is 0.0941. The van der Waals surface area contributed by atoms with Gasteiger partial charge in [-0.1, -0.05) is 0 Å². The minimum atomic E-state index is -1.84. The van der Waals surface area contributed by atoms with E-state index in [1.54, 1.807) is 0 Å². The van der Waals surface area contributed by atoms with Crippen molar-refractivity contribution in [3.63, 3.8) is 0 Å². The summed E-state index contributed by atoms with van der Waals surface area (Å²) >= 11 is 0. The SMILES string of the molecule is Cn1ncc(C(=O)O)c1CS(=O)c1ccc(F)cc1F. The fraction of sp³-hybridized carbons (Fsp3) is 0.167. The smallest absolute Gasteiger partial charge is 0.339 e. The number of hydrogen-bond acceptors (Lipinski definition) is 3. The van der Waals surface area contributed by atoms with Crippen LogP contribution in [-0.4, -0.2) is 25.1 Å². The van der Waals surface area contributed by atoms with Crippen LogP contribution in [0.25, 0.3) is 0 Å². The maximum Gasteiger partial charge on any atom is 0.339 e. The van der Waals surface area contributed by atoms with E-state index in [0.717, 1.165) is 18.3 Å². The van der Waals surface area contributed by atoms with E-state index in [9.17, 15) is 17.8 Å². The molecule has 8 heteroatoms. The summed E-state index contributed by atoms with van der Waals surface area (Å²) in [5, 5.41) is 12.7. The molecule has 0 amide bonds. The molecule has 0 bridgehead atoms. The minimum Gasteiger partial charge on any atom is -0.478 e. The molecule has 0 saturated carbocycles. The van der Waals surface area contributed by atoms with Gasteiger partial charge in [-0.3, -0.25) is 8.89 Å². The maximum atomic E-state index is 13.5. The molecule has 1 unspecified atom stereocenters. The van der Waals surface area contributed by atoms with Crippen LogP contribution in [0, 0.1) is 11.6 Å². The summed E-state index contributed by atoms with van der Waals surface area (Å²) in [4.78, 5) is 10.8. The standard InChI is InChI=1S/C12H10F2N2O3S/c1-16-10(8(5-15-16)12(17)18)6-20(19)11-3-2-7(13)4-9(11)14/h2-5H,6H2,1H3,(H,17,18). The number of carbonyl (C=O) groups is 1. The maximum absolute atomic E-state index is 13.5. The lowest BCUT2D eigenvalue weighted by atomic mass is 10.3.